The summed E-state index contributed by atoms with van der Waals surface area (Å²) in [4.78, 5) is 20.6. The molecule has 2 heterocycles. The number of ether oxygens (including phenoxy) is 2. The lowest BCUT2D eigenvalue weighted by Crippen LogP contribution is -2.38. The van der Waals surface area contributed by atoms with Crippen molar-refractivity contribution in [3.05, 3.63) is 34.3 Å². The summed E-state index contributed by atoms with van der Waals surface area (Å²) >= 11 is 1.41. The highest BCUT2D eigenvalue weighted by Crippen LogP contribution is 2.44. The first-order valence-electron chi connectivity index (χ1n) is 9.11. The van der Waals surface area contributed by atoms with E-state index in [0.29, 0.717) is 5.56 Å². The average Bonchev–Trinajstić information content (AvgIpc) is 3.31. The summed E-state index contributed by atoms with van der Waals surface area (Å²) in [6, 6.07) is 2.66. The summed E-state index contributed by atoms with van der Waals surface area (Å²) in [5.74, 6) is -0.151. The first kappa shape index (κ1) is 21.4. The van der Waals surface area contributed by atoms with Gasteiger partial charge in [0.05, 0.1) is 6.04 Å². The number of amides is 1. The van der Waals surface area contributed by atoms with Gasteiger partial charge in [-0.1, -0.05) is 20.8 Å². The van der Waals surface area contributed by atoms with Gasteiger partial charge in [-0.15, -0.1) is 11.3 Å². The molecule has 2 aromatic heterocycles. The van der Waals surface area contributed by atoms with E-state index in [1.807, 2.05) is 26.2 Å². The fourth-order valence-corrected chi connectivity index (χ4v) is 3.66. The molecule has 1 atom stereocenters. The molecule has 0 aromatic carbocycles. The van der Waals surface area contributed by atoms with Crippen LogP contribution in [0.25, 0.3) is 0 Å². The number of hydrogen-bond donors (Lipinski definition) is 1. The van der Waals surface area contributed by atoms with Crippen molar-refractivity contribution in [1.82, 2.24) is 15.3 Å². The van der Waals surface area contributed by atoms with Gasteiger partial charge in [0.1, 0.15) is 5.01 Å². The SMILES string of the molecule is CC(C)(C)C(NC(=O)Oc1ccc(C2CC2)c(OCC(F)(F)F)n1)c1nccs1. The van der Waals surface area contributed by atoms with Crippen molar-refractivity contribution in [2.24, 2.45) is 5.41 Å². The highest BCUT2D eigenvalue weighted by Gasteiger charge is 2.33. The summed E-state index contributed by atoms with van der Waals surface area (Å²) < 4.78 is 47.7. The fraction of sp³-hybridized carbons (Fsp3) is 0.526. The smallest absolute Gasteiger partial charge is 0.422 e. The van der Waals surface area contributed by atoms with Crippen LogP contribution in [0.4, 0.5) is 18.0 Å². The number of aromatic nitrogens is 2. The largest absolute Gasteiger partial charge is 0.468 e. The zero-order valence-electron chi connectivity index (χ0n) is 16.2. The second-order valence-corrected chi connectivity index (χ2v) is 8.85. The van der Waals surface area contributed by atoms with Gasteiger partial charge >= 0.3 is 12.3 Å². The van der Waals surface area contributed by atoms with Crippen molar-refractivity contribution in [3.63, 3.8) is 0 Å². The third-order valence-corrected chi connectivity index (χ3v) is 5.12. The molecule has 29 heavy (non-hydrogen) atoms. The zero-order valence-corrected chi connectivity index (χ0v) is 17.1. The molecule has 0 aliphatic heterocycles. The Morgan fingerprint density at radius 2 is 2.03 bits per heavy atom. The van der Waals surface area contributed by atoms with Crippen LogP contribution in [0.3, 0.4) is 0 Å². The molecule has 2 aromatic rings. The van der Waals surface area contributed by atoms with Crippen LogP contribution in [0.1, 0.15) is 56.1 Å². The Morgan fingerprint density at radius 3 is 2.59 bits per heavy atom. The number of nitrogens with one attached hydrogen (secondary N) is 1. The van der Waals surface area contributed by atoms with E-state index in [4.69, 9.17) is 9.47 Å². The molecule has 1 amide bonds. The lowest BCUT2D eigenvalue weighted by Gasteiger charge is -2.29. The summed E-state index contributed by atoms with van der Waals surface area (Å²) in [5.41, 5.74) is 0.263. The highest BCUT2D eigenvalue weighted by atomic mass is 32.1. The van der Waals surface area contributed by atoms with E-state index in [0.717, 1.165) is 17.8 Å². The monoisotopic (exact) mass is 429 g/mol. The number of carbonyl (C=O) groups excluding carboxylic acids is 1. The predicted octanol–water partition coefficient (Wildman–Crippen LogP) is 5.23. The van der Waals surface area contributed by atoms with Crippen LogP contribution in [-0.4, -0.2) is 28.8 Å². The molecule has 6 nitrogen and oxygen atoms in total. The van der Waals surface area contributed by atoms with E-state index in [-0.39, 0.29) is 23.1 Å². The molecular formula is C19H22F3N3O3S. The number of hydrogen-bond acceptors (Lipinski definition) is 6. The van der Waals surface area contributed by atoms with Crippen molar-refractivity contribution in [3.8, 4) is 11.8 Å². The van der Waals surface area contributed by atoms with Crippen molar-refractivity contribution < 1.29 is 27.4 Å². The van der Waals surface area contributed by atoms with Crippen molar-refractivity contribution >= 4 is 17.4 Å². The Hall–Kier alpha value is -2.36. The molecule has 0 bridgehead atoms. The molecule has 0 spiro atoms. The number of thiazole rings is 1. The fourth-order valence-electron chi connectivity index (χ4n) is 2.73. The Balaban J connectivity index is 1.72. The van der Waals surface area contributed by atoms with Gasteiger partial charge in [-0.05, 0) is 30.2 Å². The molecule has 1 aliphatic carbocycles. The lowest BCUT2D eigenvalue weighted by atomic mass is 9.87. The number of alkyl halides is 3. The molecule has 10 heteroatoms. The maximum Gasteiger partial charge on any atom is 0.422 e. The van der Waals surface area contributed by atoms with Gasteiger partial charge in [0, 0.05) is 23.2 Å². The summed E-state index contributed by atoms with van der Waals surface area (Å²) in [7, 11) is 0. The highest BCUT2D eigenvalue weighted by molar-refractivity contribution is 7.09. The third kappa shape index (κ3) is 6.06. The molecule has 3 rings (SSSR count). The Labute approximate surface area is 170 Å². The first-order chi connectivity index (χ1) is 13.5. The van der Waals surface area contributed by atoms with Crippen LogP contribution in [0, 0.1) is 5.41 Å². The summed E-state index contributed by atoms with van der Waals surface area (Å²) in [5, 5.41) is 5.29. The van der Waals surface area contributed by atoms with Crippen LogP contribution in [0.2, 0.25) is 0 Å². The van der Waals surface area contributed by atoms with Gasteiger partial charge in [0.2, 0.25) is 11.8 Å². The van der Waals surface area contributed by atoms with Gasteiger partial charge in [-0.25, -0.2) is 9.78 Å². The standard InChI is InChI=1S/C19H22F3N3O3S/c1-18(2,3)14(16-23-8-9-29-16)25-17(26)28-13-7-6-12(11-4-5-11)15(24-13)27-10-19(20,21)22/h6-9,11,14H,4-5,10H2,1-3H3,(H,25,26). The number of rotatable bonds is 6. The van der Waals surface area contributed by atoms with Gasteiger partial charge in [-0.3, -0.25) is 0 Å². The second kappa shape index (κ2) is 8.17. The molecule has 158 valence electrons. The minimum absolute atomic E-state index is 0.129. The Bertz CT molecular complexity index is 847. The number of halogens is 3. The molecule has 0 saturated heterocycles. The van der Waals surface area contributed by atoms with E-state index < -0.39 is 24.9 Å². The van der Waals surface area contributed by atoms with E-state index >= 15 is 0 Å². The van der Waals surface area contributed by atoms with Crippen molar-refractivity contribution in [1.29, 1.82) is 0 Å². The van der Waals surface area contributed by atoms with Crippen LogP contribution >= 0.6 is 11.3 Å². The normalized spacial score (nSPS) is 15.7. The van der Waals surface area contributed by atoms with Gasteiger partial charge in [0.15, 0.2) is 6.61 Å². The Morgan fingerprint density at radius 1 is 1.31 bits per heavy atom. The minimum atomic E-state index is -4.48. The van der Waals surface area contributed by atoms with Gasteiger partial charge in [-0.2, -0.15) is 18.2 Å². The lowest BCUT2D eigenvalue weighted by molar-refractivity contribution is -0.154. The van der Waals surface area contributed by atoms with Gasteiger partial charge in [0.25, 0.3) is 0 Å². The molecule has 1 N–H and O–H groups in total. The maximum atomic E-state index is 12.5. The molecule has 1 aliphatic rings. The minimum Gasteiger partial charge on any atom is -0.468 e. The first-order valence-corrected chi connectivity index (χ1v) is 9.99. The second-order valence-electron chi connectivity index (χ2n) is 7.93. The quantitative estimate of drug-likeness (QED) is 0.681. The molecule has 0 radical (unpaired) electrons. The number of pyridine rings is 1. The summed E-state index contributed by atoms with van der Waals surface area (Å²) in [6.07, 6.45) is -1.87. The Kier molecular flexibility index (Phi) is 6.02. The van der Waals surface area contributed by atoms with Gasteiger partial charge < -0.3 is 14.8 Å². The molecule has 1 fully saturated rings. The van der Waals surface area contributed by atoms with Crippen LogP contribution in [-0.2, 0) is 0 Å². The molecule has 1 saturated carbocycles. The van der Waals surface area contributed by atoms with Crippen LogP contribution in [0.5, 0.6) is 11.8 Å². The predicted molar refractivity (Wildman–Crippen MR) is 101 cm³/mol. The molecular weight excluding hydrogens is 407 g/mol. The van der Waals surface area contributed by atoms with Crippen LogP contribution in [0.15, 0.2) is 23.7 Å². The topological polar surface area (TPSA) is 73.3 Å². The van der Waals surface area contributed by atoms with Crippen molar-refractivity contribution in [2.75, 3.05) is 6.61 Å². The maximum absolute atomic E-state index is 12.5. The molecule has 1 unspecified atom stereocenters. The van der Waals surface area contributed by atoms with E-state index in [9.17, 15) is 18.0 Å². The van der Waals surface area contributed by atoms with E-state index in [1.165, 1.54) is 17.4 Å². The summed E-state index contributed by atoms with van der Waals surface area (Å²) in [6.45, 7) is 4.40. The number of carbonyl (C=O) groups is 1. The van der Waals surface area contributed by atoms with Crippen LogP contribution < -0.4 is 14.8 Å². The average molecular weight is 429 g/mol. The zero-order chi connectivity index (χ0) is 21.2. The third-order valence-electron chi connectivity index (χ3n) is 4.28. The number of nitrogens with zero attached hydrogens (tertiary/aromatic N) is 2. The van der Waals surface area contributed by atoms with E-state index in [2.05, 4.69) is 15.3 Å². The van der Waals surface area contributed by atoms with E-state index in [1.54, 1.807) is 12.3 Å². The van der Waals surface area contributed by atoms with Crippen molar-refractivity contribution in [2.45, 2.75) is 51.7 Å².